The van der Waals surface area contributed by atoms with Crippen LogP contribution in [0.2, 0.25) is 11.6 Å². The zero-order chi connectivity index (χ0) is 11.1. The zero-order valence-corrected chi connectivity index (χ0v) is 11.8. The quantitative estimate of drug-likeness (QED) is 0.510. The number of methoxy groups -OCH3 is 2. The highest BCUT2D eigenvalue weighted by atomic mass is 28.2. The van der Waals surface area contributed by atoms with E-state index in [0.29, 0.717) is 0 Å². The molecule has 1 aliphatic rings. The van der Waals surface area contributed by atoms with Crippen molar-refractivity contribution in [2.24, 2.45) is 0 Å². The summed E-state index contributed by atoms with van der Waals surface area (Å²) in [4.78, 5) is 2.34. The maximum absolute atomic E-state index is 5.31. The van der Waals surface area contributed by atoms with Crippen molar-refractivity contribution in [1.29, 1.82) is 0 Å². The van der Waals surface area contributed by atoms with Crippen LogP contribution >= 0.6 is 0 Å². The van der Waals surface area contributed by atoms with Crippen molar-refractivity contribution in [1.82, 2.24) is 4.90 Å². The molecule has 1 unspecified atom stereocenters. The maximum Gasteiger partial charge on any atom is 0.218 e. The van der Waals surface area contributed by atoms with Gasteiger partial charge in [-0.1, -0.05) is 25.8 Å². The Morgan fingerprint density at radius 2 is 2.13 bits per heavy atom. The number of ether oxygens (including phenoxy) is 2. The number of rotatable bonds is 6. The van der Waals surface area contributed by atoms with Gasteiger partial charge < -0.3 is 9.47 Å². The van der Waals surface area contributed by atoms with Gasteiger partial charge in [0.05, 0.1) is 0 Å². The average Bonchev–Trinajstić information content (AvgIpc) is 2.29. The van der Waals surface area contributed by atoms with Crippen LogP contribution in [-0.4, -0.2) is 48.1 Å². The molecule has 0 aromatic heterocycles. The topological polar surface area (TPSA) is 21.7 Å². The van der Waals surface area contributed by atoms with Crippen molar-refractivity contribution in [2.45, 2.75) is 44.2 Å². The molecular formula is C11H25NO2Si. The number of piperidine rings is 1. The van der Waals surface area contributed by atoms with Crippen molar-refractivity contribution in [2.75, 3.05) is 27.3 Å². The van der Waals surface area contributed by atoms with Gasteiger partial charge in [-0.25, -0.2) is 0 Å². The van der Waals surface area contributed by atoms with Crippen LogP contribution < -0.4 is 0 Å². The lowest BCUT2D eigenvalue weighted by Crippen LogP contribution is -2.44. The molecule has 1 heterocycles. The van der Waals surface area contributed by atoms with Crippen molar-refractivity contribution >= 4 is 9.52 Å². The van der Waals surface area contributed by atoms with E-state index in [4.69, 9.17) is 9.47 Å². The van der Waals surface area contributed by atoms with E-state index in [9.17, 15) is 0 Å². The van der Waals surface area contributed by atoms with Gasteiger partial charge in [0.25, 0.3) is 0 Å². The van der Waals surface area contributed by atoms with Gasteiger partial charge in [0, 0.05) is 36.8 Å². The fraction of sp³-hybridized carbons (Fsp3) is 1.00. The second kappa shape index (κ2) is 7.38. The summed E-state index contributed by atoms with van der Waals surface area (Å²) in [5.74, 6) is 0. The summed E-state index contributed by atoms with van der Waals surface area (Å²) < 4.78 is 10.6. The molecule has 1 saturated heterocycles. The molecule has 0 amide bonds. The summed E-state index contributed by atoms with van der Waals surface area (Å²) in [6, 6.07) is 1.49. The largest absolute Gasteiger partial charge is 0.343 e. The molecule has 0 aliphatic carbocycles. The molecule has 0 aromatic carbocycles. The molecule has 90 valence electrons. The fourth-order valence-corrected chi connectivity index (χ4v) is 4.49. The van der Waals surface area contributed by atoms with Gasteiger partial charge in [-0.15, -0.1) is 0 Å². The van der Waals surface area contributed by atoms with Crippen molar-refractivity contribution < 1.29 is 9.47 Å². The highest BCUT2D eigenvalue weighted by molar-refractivity contribution is 6.37. The molecule has 0 aromatic rings. The molecule has 1 aliphatic heterocycles. The Bertz CT molecular complexity index is 165. The van der Waals surface area contributed by atoms with E-state index in [-0.39, 0.29) is 15.9 Å². The molecule has 0 N–H and O–H groups in total. The van der Waals surface area contributed by atoms with Crippen LogP contribution in [-0.2, 0) is 9.47 Å². The second-order valence-electron chi connectivity index (χ2n) is 4.42. The van der Waals surface area contributed by atoms with E-state index in [1.54, 1.807) is 14.2 Å². The lowest BCUT2D eigenvalue weighted by molar-refractivity contribution is -0.199. The Hall–Kier alpha value is 0.0969. The minimum atomic E-state index is -0.122. The van der Waals surface area contributed by atoms with Gasteiger partial charge in [0.2, 0.25) is 6.41 Å². The van der Waals surface area contributed by atoms with Crippen molar-refractivity contribution in [3.05, 3.63) is 0 Å². The highest BCUT2D eigenvalue weighted by Crippen LogP contribution is 2.23. The molecule has 4 heteroatoms. The maximum atomic E-state index is 5.31. The first-order valence-corrected chi connectivity index (χ1v) is 7.93. The van der Waals surface area contributed by atoms with Gasteiger partial charge in [-0.3, -0.25) is 4.90 Å². The number of hydrogen-bond donors (Lipinski definition) is 0. The van der Waals surface area contributed by atoms with Crippen LogP contribution in [0, 0.1) is 0 Å². The van der Waals surface area contributed by atoms with Crippen molar-refractivity contribution in [3.8, 4) is 0 Å². The first-order chi connectivity index (χ1) is 7.31. The van der Waals surface area contributed by atoms with E-state index in [1.807, 2.05) is 0 Å². The Morgan fingerprint density at radius 3 is 2.73 bits per heavy atom. The summed E-state index contributed by atoms with van der Waals surface area (Å²) in [5, 5.41) is 0. The van der Waals surface area contributed by atoms with E-state index in [2.05, 4.69) is 11.8 Å². The lowest BCUT2D eigenvalue weighted by Gasteiger charge is -2.36. The van der Waals surface area contributed by atoms with Crippen LogP contribution in [0.3, 0.4) is 0 Å². The van der Waals surface area contributed by atoms with Crippen LogP contribution in [0.4, 0.5) is 0 Å². The Balaban J connectivity index is 2.33. The second-order valence-corrected chi connectivity index (χ2v) is 6.86. The van der Waals surface area contributed by atoms with E-state index >= 15 is 0 Å². The minimum absolute atomic E-state index is 0.122. The van der Waals surface area contributed by atoms with Crippen LogP contribution in [0.25, 0.3) is 0 Å². The first-order valence-electron chi connectivity index (χ1n) is 6.11. The van der Waals surface area contributed by atoms with Crippen LogP contribution in [0.15, 0.2) is 0 Å². The molecule has 1 atom stereocenters. The molecule has 0 bridgehead atoms. The fourth-order valence-electron chi connectivity index (χ4n) is 2.41. The lowest BCUT2D eigenvalue weighted by atomic mass is 10.1. The molecule has 1 fully saturated rings. The Labute approximate surface area is 95.9 Å². The summed E-state index contributed by atoms with van der Waals surface area (Å²) >= 11 is 0. The van der Waals surface area contributed by atoms with Gasteiger partial charge >= 0.3 is 0 Å². The predicted octanol–water partition coefficient (Wildman–Crippen LogP) is 1.44. The summed E-state index contributed by atoms with van der Waals surface area (Å²) in [6.07, 6.45) is 3.98. The first kappa shape index (κ1) is 13.2. The molecular weight excluding hydrogens is 206 g/mol. The molecule has 15 heavy (non-hydrogen) atoms. The number of hydrogen-bond acceptors (Lipinski definition) is 3. The molecule has 1 rings (SSSR count). The minimum Gasteiger partial charge on any atom is -0.343 e. The SMILES string of the molecule is CCC[SiH2]C1CCCN(C(OC)OC)C1. The molecule has 0 spiro atoms. The Morgan fingerprint density at radius 1 is 1.40 bits per heavy atom. The van der Waals surface area contributed by atoms with Gasteiger partial charge in [0.1, 0.15) is 0 Å². The average molecular weight is 231 g/mol. The van der Waals surface area contributed by atoms with Gasteiger partial charge in [-0.05, 0) is 12.0 Å². The zero-order valence-electron chi connectivity index (χ0n) is 10.4. The summed E-state index contributed by atoms with van der Waals surface area (Å²) in [5.41, 5.74) is 0.978. The standard InChI is InChI=1S/C11H25NO2Si/c1-4-8-15-10-6-5-7-12(9-10)11(13-2)14-3/h10-11H,4-9,15H2,1-3H3. The van der Waals surface area contributed by atoms with Gasteiger partial charge in [0.15, 0.2) is 0 Å². The molecule has 0 radical (unpaired) electrons. The monoisotopic (exact) mass is 231 g/mol. The summed E-state index contributed by atoms with van der Waals surface area (Å²) in [7, 11) is 3.58. The highest BCUT2D eigenvalue weighted by Gasteiger charge is 2.25. The van der Waals surface area contributed by atoms with Crippen LogP contribution in [0.1, 0.15) is 26.2 Å². The van der Waals surface area contributed by atoms with Gasteiger partial charge in [-0.2, -0.15) is 0 Å². The number of nitrogens with zero attached hydrogens (tertiary/aromatic N) is 1. The molecule has 3 nitrogen and oxygen atoms in total. The van der Waals surface area contributed by atoms with E-state index in [0.717, 1.165) is 12.1 Å². The third-order valence-corrected chi connectivity index (χ3v) is 5.82. The smallest absolute Gasteiger partial charge is 0.218 e. The summed E-state index contributed by atoms with van der Waals surface area (Å²) in [6.45, 7) is 4.61. The molecule has 0 saturated carbocycles. The van der Waals surface area contributed by atoms with E-state index in [1.165, 1.54) is 31.9 Å². The van der Waals surface area contributed by atoms with Crippen LogP contribution in [0.5, 0.6) is 0 Å². The van der Waals surface area contributed by atoms with E-state index < -0.39 is 0 Å². The predicted molar refractivity (Wildman–Crippen MR) is 66.0 cm³/mol. The normalized spacial score (nSPS) is 24.4. The Kier molecular flexibility index (Phi) is 6.48. The third-order valence-electron chi connectivity index (χ3n) is 3.22. The van der Waals surface area contributed by atoms with Crippen molar-refractivity contribution in [3.63, 3.8) is 0 Å². The third kappa shape index (κ3) is 4.22. The number of likely N-dealkylation sites (tertiary alicyclic amines) is 1.